The van der Waals surface area contributed by atoms with E-state index in [9.17, 15) is 9.18 Å². The van der Waals surface area contributed by atoms with Crippen LogP contribution in [0.2, 0.25) is 0 Å². The van der Waals surface area contributed by atoms with Gasteiger partial charge in [-0.2, -0.15) is 0 Å². The first-order chi connectivity index (χ1) is 4.39. The standard InChI is InChI=1S/C5H5NO.CH3F/c7-5-3-1-2-4-6-5;1-2/h1-4H,(H,6,7);1H3. The van der Waals surface area contributed by atoms with Gasteiger partial charge in [-0.3, -0.25) is 9.18 Å². The van der Waals surface area contributed by atoms with Gasteiger partial charge in [-0.25, -0.2) is 0 Å². The first kappa shape index (κ1) is 7.88. The van der Waals surface area contributed by atoms with Gasteiger partial charge >= 0.3 is 0 Å². The van der Waals surface area contributed by atoms with Crippen LogP contribution < -0.4 is 5.56 Å². The Kier molecular flexibility index (Phi) is 4.40. The number of aromatic amines is 1. The Labute approximate surface area is 52.3 Å². The molecule has 1 N–H and O–H groups in total. The maximum absolute atomic E-state index is 10.2. The summed E-state index contributed by atoms with van der Waals surface area (Å²) in [6.07, 6.45) is 1.60. The summed E-state index contributed by atoms with van der Waals surface area (Å²) < 4.78 is 9.50. The molecule has 0 aliphatic heterocycles. The highest BCUT2D eigenvalue weighted by Crippen LogP contribution is 1.67. The van der Waals surface area contributed by atoms with Gasteiger partial charge < -0.3 is 4.98 Å². The first-order valence-electron chi connectivity index (χ1n) is 2.41. The largest absolute Gasteiger partial charge is 0.329 e. The number of H-pyrrole nitrogens is 1. The van der Waals surface area contributed by atoms with Crippen LogP contribution in [0.25, 0.3) is 0 Å². The maximum atomic E-state index is 10.2. The number of rotatable bonds is 0. The summed E-state index contributed by atoms with van der Waals surface area (Å²) in [5.41, 5.74) is -0.0532. The molecule has 9 heavy (non-hydrogen) atoms. The average Bonchev–Trinajstić information content (AvgIpc) is 1.94. The number of pyridine rings is 1. The van der Waals surface area contributed by atoms with Gasteiger partial charge in [0.1, 0.15) is 0 Å². The lowest BCUT2D eigenvalue weighted by Gasteiger charge is -1.73. The molecular weight excluding hydrogens is 121 g/mol. The quantitative estimate of drug-likeness (QED) is 0.556. The molecule has 3 heteroatoms. The smallest absolute Gasteiger partial charge is 0.247 e. The molecule has 0 aromatic carbocycles. The third-order valence-corrected chi connectivity index (χ3v) is 0.681. The Morgan fingerprint density at radius 3 is 2.33 bits per heavy atom. The maximum Gasteiger partial charge on any atom is 0.247 e. The summed E-state index contributed by atoms with van der Waals surface area (Å²) in [6.45, 7) is 0. The summed E-state index contributed by atoms with van der Waals surface area (Å²) in [7, 11) is 0.500. The molecule has 0 bridgehead atoms. The predicted octanol–water partition coefficient (Wildman–Crippen LogP) is 0.961. The number of hydrogen-bond donors (Lipinski definition) is 1. The van der Waals surface area contributed by atoms with Crippen molar-refractivity contribution in [1.82, 2.24) is 4.98 Å². The lowest BCUT2D eigenvalue weighted by atomic mass is 10.5. The molecule has 1 aromatic rings. The predicted molar refractivity (Wildman–Crippen MR) is 34.1 cm³/mol. The van der Waals surface area contributed by atoms with Crippen LogP contribution in [0, 0.1) is 0 Å². The summed E-state index contributed by atoms with van der Waals surface area (Å²) >= 11 is 0. The van der Waals surface area contributed by atoms with Crippen molar-refractivity contribution >= 4 is 0 Å². The molecule has 0 unspecified atom stereocenters. The van der Waals surface area contributed by atoms with E-state index < -0.39 is 0 Å². The lowest BCUT2D eigenvalue weighted by molar-refractivity contribution is 0.636. The van der Waals surface area contributed by atoms with E-state index in [1.54, 1.807) is 18.3 Å². The zero-order valence-electron chi connectivity index (χ0n) is 5.10. The second kappa shape index (κ2) is 5.03. The number of hydrogen-bond acceptors (Lipinski definition) is 1. The Balaban J connectivity index is 0.000000291. The van der Waals surface area contributed by atoms with Crippen LogP contribution in [0.15, 0.2) is 29.2 Å². The molecule has 50 valence electrons. The van der Waals surface area contributed by atoms with E-state index in [0.717, 1.165) is 0 Å². The molecule has 0 aliphatic rings. The highest BCUT2D eigenvalue weighted by Gasteiger charge is 1.69. The SMILES string of the molecule is CF.O=c1cccc[nH]1. The fourth-order valence-corrected chi connectivity index (χ4v) is 0.377. The van der Waals surface area contributed by atoms with Gasteiger partial charge in [0.15, 0.2) is 0 Å². The Bertz CT molecular complexity index is 179. The van der Waals surface area contributed by atoms with Crippen molar-refractivity contribution in [2.75, 3.05) is 7.18 Å². The molecule has 1 heterocycles. The summed E-state index contributed by atoms with van der Waals surface area (Å²) in [6, 6.07) is 4.93. The second-order valence-electron chi connectivity index (χ2n) is 1.23. The van der Waals surface area contributed by atoms with Crippen LogP contribution in [0.5, 0.6) is 0 Å². The molecule has 0 aliphatic carbocycles. The van der Waals surface area contributed by atoms with E-state index >= 15 is 0 Å². The summed E-state index contributed by atoms with van der Waals surface area (Å²) in [5, 5.41) is 0. The van der Waals surface area contributed by atoms with Crippen molar-refractivity contribution in [3.05, 3.63) is 34.7 Å². The summed E-state index contributed by atoms with van der Waals surface area (Å²) in [5.74, 6) is 0. The zero-order chi connectivity index (χ0) is 7.11. The van der Waals surface area contributed by atoms with Gasteiger partial charge in [-0.15, -0.1) is 0 Å². The Hall–Kier alpha value is -1.12. The molecule has 0 radical (unpaired) electrons. The van der Waals surface area contributed by atoms with Crippen LogP contribution in [0.4, 0.5) is 4.39 Å². The number of alkyl halides is 1. The molecular formula is C6H8FNO. The summed E-state index contributed by atoms with van der Waals surface area (Å²) in [4.78, 5) is 12.7. The number of nitrogens with one attached hydrogen (secondary N) is 1. The fourth-order valence-electron chi connectivity index (χ4n) is 0.377. The molecule has 0 amide bonds. The molecule has 2 nitrogen and oxygen atoms in total. The lowest BCUT2D eigenvalue weighted by Crippen LogP contribution is -1.98. The van der Waals surface area contributed by atoms with Crippen LogP contribution in [-0.2, 0) is 0 Å². The van der Waals surface area contributed by atoms with Gasteiger partial charge in [0, 0.05) is 12.3 Å². The van der Waals surface area contributed by atoms with Crippen molar-refractivity contribution in [2.24, 2.45) is 0 Å². The van der Waals surface area contributed by atoms with Gasteiger partial charge in [0.2, 0.25) is 5.56 Å². The third-order valence-electron chi connectivity index (χ3n) is 0.681. The van der Waals surface area contributed by atoms with Crippen molar-refractivity contribution in [3.8, 4) is 0 Å². The van der Waals surface area contributed by atoms with Gasteiger partial charge in [-0.05, 0) is 6.07 Å². The van der Waals surface area contributed by atoms with E-state index in [1.807, 2.05) is 0 Å². The van der Waals surface area contributed by atoms with Crippen LogP contribution in [0.1, 0.15) is 0 Å². The minimum absolute atomic E-state index is 0.0532. The molecule has 0 atom stereocenters. The third kappa shape index (κ3) is 3.46. The fraction of sp³-hybridized carbons (Fsp3) is 0.167. The van der Waals surface area contributed by atoms with Crippen molar-refractivity contribution in [3.63, 3.8) is 0 Å². The van der Waals surface area contributed by atoms with Crippen LogP contribution >= 0.6 is 0 Å². The molecule has 0 fully saturated rings. The zero-order valence-corrected chi connectivity index (χ0v) is 5.10. The van der Waals surface area contributed by atoms with E-state index in [2.05, 4.69) is 4.98 Å². The molecule has 1 aromatic heterocycles. The van der Waals surface area contributed by atoms with Crippen molar-refractivity contribution in [1.29, 1.82) is 0 Å². The monoisotopic (exact) mass is 129 g/mol. The van der Waals surface area contributed by atoms with Crippen molar-refractivity contribution < 1.29 is 4.39 Å². The topological polar surface area (TPSA) is 32.9 Å². The van der Waals surface area contributed by atoms with E-state index in [1.165, 1.54) is 6.07 Å². The molecule has 0 spiro atoms. The van der Waals surface area contributed by atoms with Crippen LogP contribution in [0.3, 0.4) is 0 Å². The number of aromatic nitrogens is 1. The minimum atomic E-state index is -0.0532. The van der Waals surface area contributed by atoms with E-state index in [-0.39, 0.29) is 5.56 Å². The van der Waals surface area contributed by atoms with Gasteiger partial charge in [0.05, 0.1) is 7.18 Å². The van der Waals surface area contributed by atoms with E-state index in [0.29, 0.717) is 7.18 Å². The van der Waals surface area contributed by atoms with Gasteiger partial charge in [-0.1, -0.05) is 6.07 Å². The molecule has 0 saturated heterocycles. The minimum Gasteiger partial charge on any atom is -0.329 e. The molecule has 0 saturated carbocycles. The second-order valence-corrected chi connectivity index (χ2v) is 1.23. The molecule has 1 rings (SSSR count). The Morgan fingerprint density at radius 1 is 1.44 bits per heavy atom. The highest BCUT2D eigenvalue weighted by atomic mass is 19.1. The first-order valence-corrected chi connectivity index (χ1v) is 2.41. The highest BCUT2D eigenvalue weighted by molar-refractivity contribution is 4.89. The van der Waals surface area contributed by atoms with Gasteiger partial charge in [0.25, 0.3) is 0 Å². The van der Waals surface area contributed by atoms with Crippen LogP contribution in [-0.4, -0.2) is 12.2 Å². The normalized spacial score (nSPS) is 7.33. The Morgan fingerprint density at radius 2 is 2.11 bits per heavy atom. The number of halogens is 1. The average molecular weight is 129 g/mol. The van der Waals surface area contributed by atoms with Crippen molar-refractivity contribution in [2.45, 2.75) is 0 Å². The van der Waals surface area contributed by atoms with E-state index in [4.69, 9.17) is 0 Å².